The number of halogens is 2. The molecule has 2 fully saturated rings. The minimum atomic E-state index is -0.634. The average Bonchev–Trinajstić information content (AvgIpc) is 3.63. The number of fused-ring (bicyclic) bond motifs is 1. The highest BCUT2D eigenvalue weighted by atomic mass is 19.1. The Morgan fingerprint density at radius 2 is 2.05 bits per heavy atom. The lowest BCUT2D eigenvalue weighted by atomic mass is 9.86. The molecule has 1 atom stereocenters. The number of nitrogens with zero attached hydrogens (tertiary/aromatic N) is 5. The Hall–Kier alpha value is -4.61. The molecule has 0 bridgehead atoms. The van der Waals surface area contributed by atoms with Crippen LogP contribution in [0.25, 0.3) is 22.3 Å². The van der Waals surface area contributed by atoms with E-state index in [1.165, 1.54) is 42.3 Å². The summed E-state index contributed by atoms with van der Waals surface area (Å²) in [6.45, 7) is 1.60. The van der Waals surface area contributed by atoms with E-state index in [2.05, 4.69) is 25.7 Å². The van der Waals surface area contributed by atoms with Crippen molar-refractivity contribution in [2.75, 3.05) is 37.0 Å². The van der Waals surface area contributed by atoms with Gasteiger partial charge in [0, 0.05) is 50.5 Å². The van der Waals surface area contributed by atoms with Gasteiger partial charge in [-0.2, -0.15) is 5.10 Å². The summed E-state index contributed by atoms with van der Waals surface area (Å²) in [5.41, 5.74) is 0.418. The second kappa shape index (κ2) is 9.29. The van der Waals surface area contributed by atoms with E-state index >= 15 is 4.39 Å². The zero-order chi connectivity index (χ0) is 27.3. The Balaban J connectivity index is 1.38. The summed E-state index contributed by atoms with van der Waals surface area (Å²) in [5.74, 6) is -1.63. The SMILES string of the molecule is COc1cccc(F)c1-c1nccc(C(=O)Nc2cc(F)c3nn(C)cc3c2N2CCC3(CCNC3=O)C2)n1. The molecular formula is C27H25F2N7O3. The van der Waals surface area contributed by atoms with Crippen LogP contribution in [0.4, 0.5) is 20.2 Å². The zero-order valence-corrected chi connectivity index (χ0v) is 21.3. The minimum Gasteiger partial charge on any atom is -0.496 e. The van der Waals surface area contributed by atoms with Gasteiger partial charge in [-0.25, -0.2) is 18.7 Å². The maximum absolute atomic E-state index is 15.2. The summed E-state index contributed by atoms with van der Waals surface area (Å²) in [7, 11) is 3.09. The average molecular weight is 534 g/mol. The van der Waals surface area contributed by atoms with Crippen LogP contribution >= 0.6 is 0 Å². The second-order valence-electron chi connectivity index (χ2n) is 9.81. The van der Waals surface area contributed by atoms with Gasteiger partial charge in [-0.15, -0.1) is 0 Å². The van der Waals surface area contributed by atoms with E-state index in [0.717, 1.165) is 0 Å². The lowest BCUT2D eigenvalue weighted by molar-refractivity contribution is -0.126. The topological polar surface area (TPSA) is 114 Å². The standard InChI is InChI=1S/C27H25F2N7O3/c1-35-13-15-22(34-35)17(29)12-19(23(15)36-11-8-27(14-36)7-10-31-26(27)38)33-25(37)18-6-9-30-24(32-18)21-16(28)4-3-5-20(21)39-2/h3-6,9,12-13H,7-8,10-11,14H2,1-2H3,(H,31,38)(H,33,37). The molecule has 2 aromatic heterocycles. The van der Waals surface area contributed by atoms with Gasteiger partial charge in [0.05, 0.1) is 29.5 Å². The monoisotopic (exact) mass is 533 g/mol. The highest BCUT2D eigenvalue weighted by Gasteiger charge is 2.48. The largest absolute Gasteiger partial charge is 0.496 e. The highest BCUT2D eigenvalue weighted by Crippen LogP contribution is 2.44. The van der Waals surface area contributed by atoms with E-state index in [9.17, 15) is 14.0 Å². The van der Waals surface area contributed by atoms with Crippen molar-refractivity contribution in [1.82, 2.24) is 25.1 Å². The Labute approximate surface area is 222 Å². The predicted octanol–water partition coefficient (Wildman–Crippen LogP) is 3.29. The number of aryl methyl sites for hydroxylation is 1. The molecule has 6 rings (SSSR count). The smallest absolute Gasteiger partial charge is 0.274 e. The van der Waals surface area contributed by atoms with Crippen LogP contribution in [0, 0.1) is 17.0 Å². The van der Waals surface area contributed by atoms with Gasteiger partial charge in [-0.05, 0) is 31.0 Å². The van der Waals surface area contributed by atoms with Crippen LogP contribution in [0.5, 0.6) is 5.75 Å². The fourth-order valence-corrected chi connectivity index (χ4v) is 5.54. The van der Waals surface area contributed by atoms with Gasteiger partial charge in [-0.3, -0.25) is 14.3 Å². The molecule has 39 heavy (non-hydrogen) atoms. The number of rotatable bonds is 5. The first-order valence-corrected chi connectivity index (χ1v) is 12.5. The van der Waals surface area contributed by atoms with Crippen molar-refractivity contribution in [3.8, 4) is 17.1 Å². The lowest BCUT2D eigenvalue weighted by Crippen LogP contribution is -2.34. The minimum absolute atomic E-state index is 0.0113. The van der Waals surface area contributed by atoms with Crippen molar-refractivity contribution < 1.29 is 23.1 Å². The summed E-state index contributed by atoms with van der Waals surface area (Å²) in [6.07, 6.45) is 4.39. The third-order valence-electron chi connectivity index (χ3n) is 7.43. The highest BCUT2D eigenvalue weighted by molar-refractivity contribution is 6.09. The van der Waals surface area contributed by atoms with Crippen LogP contribution in [0.15, 0.2) is 42.7 Å². The summed E-state index contributed by atoms with van der Waals surface area (Å²) >= 11 is 0. The Kier molecular flexibility index (Phi) is 5.89. The van der Waals surface area contributed by atoms with Crippen LogP contribution in [-0.2, 0) is 11.8 Å². The molecule has 2 aromatic carbocycles. The number of hydrogen-bond acceptors (Lipinski definition) is 7. The third-order valence-corrected chi connectivity index (χ3v) is 7.43. The van der Waals surface area contributed by atoms with E-state index in [1.54, 1.807) is 19.3 Å². The molecule has 1 spiro atoms. The molecule has 2 aliphatic heterocycles. The van der Waals surface area contributed by atoms with Crippen molar-refractivity contribution in [3.63, 3.8) is 0 Å². The zero-order valence-electron chi connectivity index (χ0n) is 21.3. The van der Waals surface area contributed by atoms with Crippen molar-refractivity contribution in [2.24, 2.45) is 12.5 Å². The molecule has 2 N–H and O–H groups in total. The molecule has 2 aliphatic rings. The van der Waals surface area contributed by atoms with Gasteiger partial charge >= 0.3 is 0 Å². The molecule has 1 unspecified atom stereocenters. The molecule has 4 aromatic rings. The summed E-state index contributed by atoms with van der Waals surface area (Å²) in [4.78, 5) is 36.4. The number of aromatic nitrogens is 4. The Bertz CT molecular complexity index is 1640. The molecule has 2 amide bonds. The molecule has 0 aliphatic carbocycles. The van der Waals surface area contributed by atoms with Gasteiger partial charge < -0.3 is 20.3 Å². The molecule has 0 radical (unpaired) electrons. The molecule has 4 heterocycles. The number of carbonyl (C=O) groups is 2. The van der Waals surface area contributed by atoms with E-state index in [0.29, 0.717) is 43.5 Å². The second-order valence-corrected chi connectivity index (χ2v) is 9.81. The van der Waals surface area contributed by atoms with Crippen molar-refractivity contribution >= 4 is 34.1 Å². The molecule has 0 saturated carbocycles. The predicted molar refractivity (Wildman–Crippen MR) is 139 cm³/mol. The van der Waals surface area contributed by atoms with Crippen molar-refractivity contribution in [3.05, 3.63) is 60.1 Å². The van der Waals surface area contributed by atoms with E-state index in [-0.39, 0.29) is 39.9 Å². The molecular weight excluding hydrogens is 508 g/mol. The van der Waals surface area contributed by atoms with Crippen molar-refractivity contribution in [2.45, 2.75) is 12.8 Å². The Morgan fingerprint density at radius 3 is 2.82 bits per heavy atom. The molecule has 2 saturated heterocycles. The number of methoxy groups -OCH3 is 1. The fourth-order valence-electron chi connectivity index (χ4n) is 5.54. The van der Waals surface area contributed by atoms with Crippen LogP contribution in [-0.4, -0.2) is 58.3 Å². The molecule has 12 heteroatoms. The van der Waals surface area contributed by atoms with Gasteiger partial charge in [0.1, 0.15) is 22.8 Å². The normalized spacial score (nSPS) is 18.7. The van der Waals surface area contributed by atoms with E-state index in [1.807, 2.05) is 4.90 Å². The van der Waals surface area contributed by atoms with Gasteiger partial charge in [0.15, 0.2) is 11.6 Å². The number of benzene rings is 2. The lowest BCUT2D eigenvalue weighted by Gasteiger charge is -2.25. The van der Waals surface area contributed by atoms with Gasteiger partial charge in [-0.1, -0.05) is 6.07 Å². The Morgan fingerprint density at radius 1 is 1.21 bits per heavy atom. The van der Waals surface area contributed by atoms with Crippen LogP contribution < -0.4 is 20.3 Å². The maximum Gasteiger partial charge on any atom is 0.274 e. The first-order valence-electron chi connectivity index (χ1n) is 12.5. The first-order chi connectivity index (χ1) is 18.8. The van der Waals surface area contributed by atoms with Crippen LogP contribution in [0.1, 0.15) is 23.3 Å². The first kappa shape index (κ1) is 24.7. The summed E-state index contributed by atoms with van der Waals surface area (Å²) in [6, 6.07) is 6.93. The third kappa shape index (κ3) is 4.12. The van der Waals surface area contributed by atoms with Crippen molar-refractivity contribution in [1.29, 1.82) is 0 Å². The van der Waals surface area contributed by atoms with Crippen LogP contribution in [0.2, 0.25) is 0 Å². The number of nitrogens with one attached hydrogen (secondary N) is 2. The molecule has 10 nitrogen and oxygen atoms in total. The molecule has 200 valence electrons. The number of anilines is 2. The maximum atomic E-state index is 15.2. The van der Waals surface area contributed by atoms with Gasteiger partial charge in [0.2, 0.25) is 5.91 Å². The van der Waals surface area contributed by atoms with E-state index < -0.39 is 23.0 Å². The quantitative estimate of drug-likeness (QED) is 0.405. The number of hydrogen-bond donors (Lipinski definition) is 2. The van der Waals surface area contributed by atoms with Gasteiger partial charge in [0.25, 0.3) is 5.91 Å². The number of ether oxygens (including phenoxy) is 1. The van der Waals surface area contributed by atoms with E-state index in [4.69, 9.17) is 4.74 Å². The summed E-state index contributed by atoms with van der Waals surface area (Å²) in [5, 5.41) is 10.5. The summed E-state index contributed by atoms with van der Waals surface area (Å²) < 4.78 is 36.5. The van der Waals surface area contributed by atoms with Crippen LogP contribution in [0.3, 0.4) is 0 Å². The number of amides is 2. The fraction of sp³-hybridized carbons (Fsp3) is 0.296. The number of carbonyl (C=O) groups excluding carboxylic acids is 2.